The maximum atomic E-state index is 15.0. The molecule has 0 radical (unpaired) electrons. The first kappa shape index (κ1) is 39.3. The predicted molar refractivity (Wildman–Crippen MR) is 190 cm³/mol. The Morgan fingerprint density at radius 3 is 2.33 bits per heavy atom. The largest absolute Gasteiger partial charge is 0.465 e. The maximum Gasteiger partial charge on any atom is 0.349 e. The van der Waals surface area contributed by atoms with Crippen LogP contribution in [0.2, 0.25) is 0 Å². The molecule has 2 amide bonds. The van der Waals surface area contributed by atoms with Gasteiger partial charge in [0.25, 0.3) is 4.87 Å². The number of benzene rings is 2. The van der Waals surface area contributed by atoms with Crippen molar-refractivity contribution in [2.45, 2.75) is 93.7 Å². The number of sulfone groups is 1. The second kappa shape index (κ2) is 17.6. The van der Waals surface area contributed by atoms with Crippen LogP contribution in [0.3, 0.4) is 0 Å². The molecular formula is C36H50N6O8S. The molecule has 278 valence electrons. The van der Waals surface area contributed by atoms with Gasteiger partial charge < -0.3 is 36.5 Å². The molecule has 2 saturated heterocycles. The van der Waals surface area contributed by atoms with E-state index in [1.54, 1.807) is 49.4 Å². The van der Waals surface area contributed by atoms with Crippen LogP contribution in [0.1, 0.15) is 69.4 Å². The van der Waals surface area contributed by atoms with Crippen molar-refractivity contribution >= 4 is 39.5 Å². The number of aryl methyl sites for hydroxylation is 1. The SMILES string of the molecule is CCCCCOC(=O)C1CCN(C(=O)[C@@H]2CCCN2C(=O)[C@@H](N)CCCN=C(N)N)[C@@]1(C(=O)OCc1ccccc1)S(=O)(=O)c1ccc(C)cc1. The van der Waals surface area contributed by atoms with Gasteiger partial charge in [-0.2, -0.15) is 0 Å². The Balaban J connectivity index is 1.78. The first-order valence-corrected chi connectivity index (χ1v) is 19.0. The number of nitrogens with zero attached hydrogens (tertiary/aromatic N) is 3. The summed E-state index contributed by atoms with van der Waals surface area (Å²) < 4.78 is 41.4. The number of carbonyl (C=O) groups excluding carboxylic acids is 4. The number of ether oxygens (including phenoxy) is 2. The molecule has 2 aliphatic heterocycles. The van der Waals surface area contributed by atoms with Crippen LogP contribution in [0.4, 0.5) is 0 Å². The Kier molecular flexibility index (Phi) is 13.6. The highest BCUT2D eigenvalue weighted by Crippen LogP contribution is 2.46. The Hall–Kier alpha value is -4.50. The minimum absolute atomic E-state index is 0.0167. The van der Waals surface area contributed by atoms with E-state index in [1.807, 2.05) is 6.92 Å². The Morgan fingerprint density at radius 2 is 1.67 bits per heavy atom. The van der Waals surface area contributed by atoms with Crippen LogP contribution in [0.15, 0.2) is 64.5 Å². The fraction of sp³-hybridized carbons (Fsp3) is 0.528. The second-order valence-corrected chi connectivity index (χ2v) is 15.1. The van der Waals surface area contributed by atoms with E-state index in [-0.39, 0.29) is 63.0 Å². The van der Waals surface area contributed by atoms with Crippen LogP contribution >= 0.6 is 0 Å². The highest BCUT2D eigenvalue weighted by atomic mass is 32.2. The zero-order chi connectivity index (χ0) is 37.2. The van der Waals surface area contributed by atoms with Crippen molar-refractivity contribution in [1.82, 2.24) is 9.80 Å². The van der Waals surface area contributed by atoms with Crippen LogP contribution in [-0.2, 0) is 45.1 Å². The minimum atomic E-state index is -4.88. The summed E-state index contributed by atoms with van der Waals surface area (Å²) in [5.41, 5.74) is 18.4. The Labute approximate surface area is 299 Å². The molecule has 0 aromatic heterocycles. The van der Waals surface area contributed by atoms with E-state index >= 15 is 8.42 Å². The van der Waals surface area contributed by atoms with Crippen molar-refractivity contribution in [2.75, 3.05) is 26.2 Å². The normalized spacial score (nSPS) is 20.8. The van der Waals surface area contributed by atoms with Crippen molar-refractivity contribution in [3.05, 3.63) is 65.7 Å². The fourth-order valence-corrected chi connectivity index (χ4v) is 8.92. The molecular weight excluding hydrogens is 676 g/mol. The first-order valence-electron chi connectivity index (χ1n) is 17.5. The van der Waals surface area contributed by atoms with Crippen LogP contribution in [0.5, 0.6) is 0 Å². The number of likely N-dealkylation sites (tertiary alicyclic amines) is 2. The maximum absolute atomic E-state index is 15.0. The molecule has 2 aromatic rings. The fourth-order valence-electron chi connectivity index (χ4n) is 6.73. The standard InChI is InChI=1S/C36H50N6O8S/c1-3-4-8-23-49-33(45)28-19-22-42(32(44)30-14-10-21-41(30)31(43)29(37)13-9-20-40-35(38)39)36(28,34(46)50-24-26-11-6-5-7-12-26)51(47,48)27-17-15-25(2)16-18-27/h5-7,11-12,15-18,28-30H,3-4,8-10,13-14,19-24,37H2,1-2H3,(H4,38,39,40)/t28?,29-,30-,36+/m0/s1. The van der Waals surface area contributed by atoms with Crippen LogP contribution in [-0.4, -0.2) is 91.1 Å². The molecule has 0 spiro atoms. The van der Waals surface area contributed by atoms with Crippen LogP contribution in [0, 0.1) is 12.8 Å². The highest BCUT2D eigenvalue weighted by molar-refractivity contribution is 7.93. The third kappa shape index (κ3) is 8.70. The van der Waals surface area contributed by atoms with Gasteiger partial charge in [0.2, 0.25) is 21.7 Å². The average molecular weight is 727 g/mol. The molecule has 4 rings (SSSR count). The zero-order valence-electron chi connectivity index (χ0n) is 29.4. The molecule has 1 unspecified atom stereocenters. The van der Waals surface area contributed by atoms with Gasteiger partial charge in [-0.25, -0.2) is 13.2 Å². The van der Waals surface area contributed by atoms with Crippen molar-refractivity contribution in [1.29, 1.82) is 0 Å². The molecule has 2 fully saturated rings. The van der Waals surface area contributed by atoms with E-state index < -0.39 is 56.5 Å². The summed E-state index contributed by atoms with van der Waals surface area (Å²) in [7, 11) is -4.88. The molecule has 51 heavy (non-hydrogen) atoms. The molecule has 0 saturated carbocycles. The zero-order valence-corrected chi connectivity index (χ0v) is 30.2. The lowest BCUT2D eigenvalue weighted by Gasteiger charge is -2.40. The predicted octanol–water partition coefficient (Wildman–Crippen LogP) is 2.16. The molecule has 14 nitrogen and oxygen atoms in total. The number of unbranched alkanes of at least 4 members (excludes halogenated alkanes) is 2. The Bertz CT molecular complexity index is 1670. The third-order valence-corrected chi connectivity index (χ3v) is 11.8. The van der Waals surface area contributed by atoms with Gasteiger partial charge in [-0.3, -0.25) is 19.4 Å². The number of esters is 2. The van der Waals surface area contributed by atoms with Gasteiger partial charge in [-0.1, -0.05) is 67.8 Å². The lowest BCUT2D eigenvalue weighted by molar-refractivity contribution is -0.166. The molecule has 0 aliphatic carbocycles. The number of rotatable bonds is 16. The summed E-state index contributed by atoms with van der Waals surface area (Å²) in [5, 5.41) is 0. The second-order valence-electron chi connectivity index (χ2n) is 13.0. The van der Waals surface area contributed by atoms with Crippen LogP contribution in [0.25, 0.3) is 0 Å². The van der Waals surface area contributed by atoms with Gasteiger partial charge in [0.15, 0.2) is 5.96 Å². The summed E-state index contributed by atoms with van der Waals surface area (Å²) in [4.78, 5) is 60.0. The van der Waals surface area contributed by atoms with Gasteiger partial charge in [0.1, 0.15) is 18.6 Å². The molecule has 2 aromatic carbocycles. The van der Waals surface area contributed by atoms with E-state index in [0.717, 1.165) is 23.3 Å². The van der Waals surface area contributed by atoms with Crippen molar-refractivity contribution in [3.8, 4) is 0 Å². The number of guanidine groups is 1. The minimum Gasteiger partial charge on any atom is -0.465 e. The highest BCUT2D eigenvalue weighted by Gasteiger charge is 2.70. The third-order valence-electron chi connectivity index (χ3n) is 9.41. The van der Waals surface area contributed by atoms with Crippen molar-refractivity contribution < 1.29 is 37.1 Å². The van der Waals surface area contributed by atoms with E-state index in [0.29, 0.717) is 24.8 Å². The number of hydrogen-bond acceptors (Lipinski definition) is 10. The molecule has 2 heterocycles. The molecule has 15 heteroatoms. The van der Waals surface area contributed by atoms with E-state index in [9.17, 15) is 19.2 Å². The number of hydrogen-bond donors (Lipinski definition) is 3. The number of aliphatic imine (C=N–C) groups is 1. The van der Waals surface area contributed by atoms with Gasteiger partial charge in [-0.05, 0) is 63.1 Å². The number of amides is 2. The quantitative estimate of drug-likeness (QED) is 0.0985. The van der Waals surface area contributed by atoms with Gasteiger partial charge in [-0.15, -0.1) is 0 Å². The summed E-state index contributed by atoms with van der Waals surface area (Å²) in [6, 6.07) is 12.4. The van der Waals surface area contributed by atoms with Crippen molar-refractivity contribution in [3.63, 3.8) is 0 Å². The van der Waals surface area contributed by atoms with E-state index in [2.05, 4.69) is 4.99 Å². The smallest absolute Gasteiger partial charge is 0.349 e. The monoisotopic (exact) mass is 726 g/mol. The van der Waals surface area contributed by atoms with Crippen LogP contribution < -0.4 is 17.2 Å². The summed E-state index contributed by atoms with van der Waals surface area (Å²) in [6.45, 7) is 3.66. The lowest BCUT2D eigenvalue weighted by Crippen LogP contribution is -2.66. The number of nitrogens with two attached hydrogens (primary N) is 3. The van der Waals surface area contributed by atoms with Gasteiger partial charge in [0, 0.05) is 19.6 Å². The summed E-state index contributed by atoms with van der Waals surface area (Å²) in [5.74, 6) is -5.18. The topological polar surface area (TPSA) is 218 Å². The van der Waals surface area contributed by atoms with Gasteiger partial charge in [0.05, 0.1) is 17.5 Å². The lowest BCUT2D eigenvalue weighted by atomic mass is 9.99. The molecule has 2 aliphatic rings. The average Bonchev–Trinajstić information content (AvgIpc) is 3.78. The Morgan fingerprint density at radius 1 is 0.961 bits per heavy atom. The summed E-state index contributed by atoms with van der Waals surface area (Å²) >= 11 is 0. The van der Waals surface area contributed by atoms with E-state index in [1.165, 1.54) is 17.0 Å². The first-order chi connectivity index (χ1) is 24.4. The van der Waals surface area contributed by atoms with Crippen molar-refractivity contribution in [2.24, 2.45) is 28.1 Å². The summed E-state index contributed by atoms with van der Waals surface area (Å²) in [6.07, 6.45) is 3.28. The van der Waals surface area contributed by atoms with Gasteiger partial charge >= 0.3 is 11.9 Å². The molecule has 6 N–H and O–H groups in total. The number of carbonyl (C=O) groups is 4. The molecule has 4 atom stereocenters. The molecule has 0 bridgehead atoms. The van der Waals surface area contributed by atoms with E-state index in [4.69, 9.17) is 26.7 Å².